The van der Waals surface area contributed by atoms with Crippen LogP contribution < -0.4 is 5.32 Å². The summed E-state index contributed by atoms with van der Waals surface area (Å²) in [4.78, 5) is 32.4. The maximum absolute atomic E-state index is 13.2. The Balaban J connectivity index is 1.47. The summed E-state index contributed by atoms with van der Waals surface area (Å²) >= 11 is 0. The Morgan fingerprint density at radius 3 is 2.86 bits per heavy atom. The third kappa shape index (κ3) is 2.96. The molecule has 0 spiro atoms. The van der Waals surface area contributed by atoms with Gasteiger partial charge >= 0.3 is 0 Å². The summed E-state index contributed by atoms with van der Waals surface area (Å²) in [5.41, 5.74) is 1.14. The number of carbonyl (C=O) groups excluding carboxylic acids is 2. The number of hydrogen-bond donors (Lipinski definition) is 1. The molecule has 2 aromatic rings. The van der Waals surface area contributed by atoms with Crippen LogP contribution in [0.4, 0.5) is 0 Å². The predicted octanol–water partition coefficient (Wildman–Crippen LogP) is 1.91. The molecule has 2 amide bonds. The van der Waals surface area contributed by atoms with Crippen LogP contribution in [0.3, 0.4) is 0 Å². The van der Waals surface area contributed by atoms with Crippen LogP contribution in [0.1, 0.15) is 54.5 Å². The molecule has 2 bridgehead atoms. The number of pyridine rings is 1. The van der Waals surface area contributed by atoms with E-state index in [1.54, 1.807) is 13.1 Å². The van der Waals surface area contributed by atoms with E-state index in [1.165, 1.54) is 0 Å². The average Bonchev–Trinajstić information content (AvgIpc) is 3.41. The summed E-state index contributed by atoms with van der Waals surface area (Å²) in [6.45, 7) is 4.28. The Hall–Kier alpha value is -2.77. The molecule has 0 unspecified atom stereocenters. The van der Waals surface area contributed by atoms with Crippen LogP contribution in [-0.2, 0) is 11.2 Å². The molecule has 2 aliphatic rings. The lowest BCUT2D eigenvalue weighted by molar-refractivity contribution is -0.132. The number of amides is 2. The molecule has 8 heteroatoms. The fraction of sp³-hybridized carbons (Fsp3) is 0.550. The number of aromatic nitrogens is 3. The Bertz CT molecular complexity index is 868. The van der Waals surface area contributed by atoms with Crippen molar-refractivity contribution in [3.8, 4) is 0 Å². The van der Waals surface area contributed by atoms with Gasteiger partial charge in [0.15, 0.2) is 5.69 Å². The molecule has 28 heavy (non-hydrogen) atoms. The molecule has 0 radical (unpaired) electrons. The Labute approximate surface area is 163 Å². The van der Waals surface area contributed by atoms with Gasteiger partial charge in [-0.15, -0.1) is 0 Å². The Morgan fingerprint density at radius 1 is 1.32 bits per heavy atom. The first-order valence-electron chi connectivity index (χ1n) is 9.87. The average molecular weight is 383 g/mol. The van der Waals surface area contributed by atoms with Crippen LogP contribution in [0.25, 0.3) is 0 Å². The van der Waals surface area contributed by atoms with Crippen LogP contribution in [0.15, 0.2) is 29.0 Å². The van der Waals surface area contributed by atoms with Gasteiger partial charge in [0.25, 0.3) is 5.91 Å². The molecular formula is C20H25N5O3. The lowest BCUT2D eigenvalue weighted by atomic mass is 9.71. The highest BCUT2D eigenvalue weighted by Gasteiger charge is 2.60. The van der Waals surface area contributed by atoms with Crippen molar-refractivity contribution < 1.29 is 14.2 Å². The van der Waals surface area contributed by atoms with Gasteiger partial charge in [-0.2, -0.15) is 0 Å². The van der Waals surface area contributed by atoms with E-state index in [2.05, 4.69) is 20.6 Å². The van der Waals surface area contributed by atoms with E-state index in [4.69, 9.17) is 4.63 Å². The zero-order valence-corrected chi connectivity index (χ0v) is 16.2. The highest BCUT2D eigenvalue weighted by molar-refractivity contribution is 5.95. The highest BCUT2D eigenvalue weighted by atomic mass is 16.6. The summed E-state index contributed by atoms with van der Waals surface area (Å²) in [5.74, 6) is -0.145. The SMILES string of the molecule is CC[C@@]1(C(=O)NCCc2ccccn2)C[C@@H]2CC[C@H]1N2C(=O)c1nonc1C. The molecule has 4 rings (SSSR count). The normalized spacial score (nSPS) is 25.9. The molecule has 8 nitrogen and oxygen atoms in total. The number of aryl methyl sites for hydroxylation is 1. The fourth-order valence-corrected chi connectivity index (χ4v) is 4.85. The summed E-state index contributed by atoms with van der Waals surface area (Å²) in [6, 6.07) is 5.73. The van der Waals surface area contributed by atoms with Crippen molar-refractivity contribution in [2.75, 3.05) is 6.54 Å². The topological polar surface area (TPSA) is 101 Å². The first-order chi connectivity index (χ1) is 13.6. The molecule has 0 aliphatic carbocycles. The standard InChI is InChI=1S/C20H25N5O3/c1-3-20(19(27)22-11-9-14-6-4-5-10-21-14)12-15-7-8-16(20)25(15)18(26)17-13(2)23-28-24-17/h4-6,10,15-16H,3,7-9,11-12H2,1-2H3,(H,22,27)/t15-,16+,20+/m0/s1. The third-order valence-corrected chi connectivity index (χ3v) is 6.31. The minimum atomic E-state index is -0.548. The largest absolute Gasteiger partial charge is 0.355 e. The van der Waals surface area contributed by atoms with Crippen molar-refractivity contribution in [3.63, 3.8) is 0 Å². The third-order valence-electron chi connectivity index (χ3n) is 6.31. The monoisotopic (exact) mass is 383 g/mol. The second-order valence-electron chi connectivity index (χ2n) is 7.70. The van der Waals surface area contributed by atoms with Gasteiger partial charge in [0.1, 0.15) is 5.69 Å². The van der Waals surface area contributed by atoms with Crippen LogP contribution in [-0.4, -0.2) is 50.6 Å². The number of carbonyl (C=O) groups is 2. The van der Waals surface area contributed by atoms with Crippen molar-refractivity contribution in [2.45, 2.75) is 58.0 Å². The Kier molecular flexibility index (Phi) is 4.87. The molecule has 2 fully saturated rings. The molecule has 3 atom stereocenters. The molecule has 4 heterocycles. The van der Waals surface area contributed by atoms with Crippen LogP contribution >= 0.6 is 0 Å². The zero-order valence-electron chi connectivity index (χ0n) is 16.2. The molecule has 148 valence electrons. The molecule has 2 aromatic heterocycles. The lowest BCUT2D eigenvalue weighted by Gasteiger charge is -2.35. The van der Waals surface area contributed by atoms with Crippen LogP contribution in [0.5, 0.6) is 0 Å². The van der Waals surface area contributed by atoms with Gasteiger partial charge in [-0.25, -0.2) is 4.63 Å². The molecule has 2 saturated heterocycles. The van der Waals surface area contributed by atoms with Crippen molar-refractivity contribution in [1.82, 2.24) is 25.5 Å². The fourth-order valence-electron chi connectivity index (χ4n) is 4.85. The van der Waals surface area contributed by atoms with Crippen molar-refractivity contribution in [1.29, 1.82) is 0 Å². The summed E-state index contributed by atoms with van der Waals surface area (Å²) in [6.07, 6.45) is 5.59. The van der Waals surface area contributed by atoms with Gasteiger partial charge in [-0.1, -0.05) is 18.1 Å². The van der Waals surface area contributed by atoms with Gasteiger partial charge in [0.2, 0.25) is 5.91 Å². The molecule has 2 aliphatic heterocycles. The molecule has 1 N–H and O–H groups in total. The smallest absolute Gasteiger partial charge is 0.278 e. The zero-order chi connectivity index (χ0) is 19.7. The maximum Gasteiger partial charge on any atom is 0.278 e. The summed E-state index contributed by atoms with van der Waals surface area (Å²) < 4.78 is 4.71. The number of fused-ring (bicyclic) bond motifs is 2. The van der Waals surface area contributed by atoms with E-state index in [0.717, 1.165) is 18.5 Å². The summed E-state index contributed by atoms with van der Waals surface area (Å²) in [7, 11) is 0. The predicted molar refractivity (Wildman–Crippen MR) is 100 cm³/mol. The van der Waals surface area contributed by atoms with Crippen molar-refractivity contribution >= 4 is 11.8 Å². The van der Waals surface area contributed by atoms with Gasteiger partial charge < -0.3 is 10.2 Å². The van der Waals surface area contributed by atoms with Crippen molar-refractivity contribution in [3.05, 3.63) is 41.5 Å². The highest BCUT2D eigenvalue weighted by Crippen LogP contribution is 2.52. The van der Waals surface area contributed by atoms with E-state index in [1.807, 2.05) is 30.0 Å². The van der Waals surface area contributed by atoms with Crippen LogP contribution in [0.2, 0.25) is 0 Å². The minimum Gasteiger partial charge on any atom is -0.355 e. The van der Waals surface area contributed by atoms with E-state index < -0.39 is 5.41 Å². The number of nitrogens with one attached hydrogen (secondary N) is 1. The minimum absolute atomic E-state index is 0.0333. The number of hydrogen-bond acceptors (Lipinski definition) is 6. The van der Waals surface area contributed by atoms with Gasteiger partial charge in [0.05, 0.1) is 5.41 Å². The van der Waals surface area contributed by atoms with E-state index >= 15 is 0 Å². The van der Waals surface area contributed by atoms with Gasteiger partial charge in [0, 0.05) is 36.9 Å². The number of rotatable bonds is 6. The van der Waals surface area contributed by atoms with Gasteiger partial charge in [-0.3, -0.25) is 14.6 Å². The number of nitrogens with zero attached hydrogens (tertiary/aromatic N) is 4. The molecule has 0 aromatic carbocycles. The van der Waals surface area contributed by atoms with Crippen molar-refractivity contribution in [2.24, 2.45) is 5.41 Å². The lowest BCUT2D eigenvalue weighted by Crippen LogP contribution is -2.50. The van der Waals surface area contributed by atoms with Crippen LogP contribution in [0, 0.1) is 12.3 Å². The first kappa shape index (κ1) is 18.6. The second kappa shape index (κ2) is 7.33. The maximum atomic E-state index is 13.2. The second-order valence-corrected chi connectivity index (χ2v) is 7.70. The quantitative estimate of drug-likeness (QED) is 0.818. The van der Waals surface area contributed by atoms with Gasteiger partial charge in [-0.05, 0) is 49.9 Å². The Morgan fingerprint density at radius 2 is 2.18 bits per heavy atom. The van der Waals surface area contributed by atoms with E-state index in [-0.39, 0.29) is 29.6 Å². The molecular weight excluding hydrogens is 358 g/mol. The summed E-state index contributed by atoms with van der Waals surface area (Å²) in [5, 5.41) is 10.6. The van der Waals surface area contributed by atoms with E-state index in [0.29, 0.717) is 31.5 Å². The van der Waals surface area contributed by atoms with E-state index in [9.17, 15) is 9.59 Å². The molecule has 0 saturated carbocycles. The first-order valence-corrected chi connectivity index (χ1v) is 9.87.